The lowest BCUT2D eigenvalue weighted by molar-refractivity contribution is -0.124. The zero-order chi connectivity index (χ0) is 37.7. The first-order valence-electron chi connectivity index (χ1n) is 20.3. The van der Waals surface area contributed by atoms with Gasteiger partial charge >= 0.3 is 7.82 Å². The number of aliphatic hydroxyl groups is 2. The van der Waals surface area contributed by atoms with Crippen molar-refractivity contribution in [2.24, 2.45) is 5.73 Å². The molecule has 4 atom stereocenters. The minimum atomic E-state index is -4.40. The predicted octanol–water partition coefficient (Wildman–Crippen LogP) is 9.91. The molecular formula is C41H77N2O7P. The van der Waals surface area contributed by atoms with Crippen LogP contribution in [0.5, 0.6) is 0 Å². The second-order valence-corrected chi connectivity index (χ2v) is 15.1. The van der Waals surface area contributed by atoms with Gasteiger partial charge in [-0.1, -0.05) is 152 Å². The summed E-state index contributed by atoms with van der Waals surface area (Å²) >= 11 is 0. The van der Waals surface area contributed by atoms with Crippen LogP contribution >= 0.6 is 7.82 Å². The maximum atomic E-state index is 12.8. The summed E-state index contributed by atoms with van der Waals surface area (Å²) in [4.78, 5) is 22.7. The van der Waals surface area contributed by atoms with Gasteiger partial charge in [-0.05, 0) is 57.8 Å². The van der Waals surface area contributed by atoms with Gasteiger partial charge in [-0.3, -0.25) is 13.8 Å². The predicted molar refractivity (Wildman–Crippen MR) is 213 cm³/mol. The van der Waals surface area contributed by atoms with Gasteiger partial charge in [0.1, 0.15) is 0 Å². The second kappa shape index (κ2) is 36.8. The highest BCUT2D eigenvalue weighted by atomic mass is 31.2. The van der Waals surface area contributed by atoms with Gasteiger partial charge in [-0.25, -0.2) is 4.57 Å². The normalized spacial score (nSPS) is 15.3. The molecule has 6 N–H and O–H groups in total. The Bertz CT molecular complexity index is 956. The standard InChI is InChI=1S/C41H77N2O7P/c1-3-5-7-9-11-13-15-16-17-18-19-20-21-22-23-24-26-28-30-32-38(44)36-41(46)43-39(37-50-51(47,48)49-35-34-42)40(45)33-31-29-27-25-14-12-10-8-6-4-2/h5,7,11,13-14,25,31,33,38-40,44-45H,3-4,6,8-10,12,15-24,26-30,32,34-37,42H2,1-2H3,(H,43,46)(H,47,48)/b7-5-,13-11-,25-14+,33-31+. The number of nitrogens with one attached hydrogen (secondary N) is 1. The quantitative estimate of drug-likeness (QED) is 0.0240. The minimum Gasteiger partial charge on any atom is -0.393 e. The monoisotopic (exact) mass is 741 g/mol. The van der Waals surface area contributed by atoms with E-state index in [4.69, 9.17) is 14.8 Å². The van der Waals surface area contributed by atoms with Crippen molar-refractivity contribution in [3.63, 3.8) is 0 Å². The molecular weight excluding hydrogens is 663 g/mol. The Kier molecular flexibility index (Phi) is 35.6. The van der Waals surface area contributed by atoms with E-state index >= 15 is 0 Å². The third kappa shape index (κ3) is 35.2. The smallest absolute Gasteiger partial charge is 0.393 e. The van der Waals surface area contributed by atoms with Gasteiger partial charge in [0, 0.05) is 6.54 Å². The molecule has 0 aromatic heterocycles. The average molecular weight is 741 g/mol. The Balaban J connectivity index is 4.27. The maximum Gasteiger partial charge on any atom is 0.472 e. The molecule has 0 aromatic carbocycles. The first-order chi connectivity index (χ1) is 24.8. The molecule has 0 rings (SSSR count). The molecule has 298 valence electrons. The van der Waals surface area contributed by atoms with Crippen molar-refractivity contribution in [2.45, 2.75) is 186 Å². The molecule has 0 spiro atoms. The van der Waals surface area contributed by atoms with E-state index in [1.807, 2.05) is 6.08 Å². The van der Waals surface area contributed by atoms with E-state index in [1.54, 1.807) is 6.08 Å². The fourth-order valence-corrected chi connectivity index (χ4v) is 6.40. The second-order valence-electron chi connectivity index (χ2n) is 13.6. The average Bonchev–Trinajstić information content (AvgIpc) is 3.10. The highest BCUT2D eigenvalue weighted by Gasteiger charge is 2.27. The molecule has 1 amide bonds. The van der Waals surface area contributed by atoms with Crippen LogP contribution in [-0.2, 0) is 18.4 Å². The molecule has 0 aliphatic carbocycles. The number of phosphoric ester groups is 1. The molecule has 51 heavy (non-hydrogen) atoms. The van der Waals surface area contributed by atoms with Gasteiger partial charge in [0.2, 0.25) is 5.91 Å². The van der Waals surface area contributed by atoms with Crippen molar-refractivity contribution in [1.82, 2.24) is 5.32 Å². The molecule has 0 aromatic rings. The van der Waals surface area contributed by atoms with E-state index in [2.05, 4.69) is 55.6 Å². The van der Waals surface area contributed by atoms with E-state index in [0.717, 1.165) is 44.9 Å². The van der Waals surface area contributed by atoms with Crippen LogP contribution in [0.1, 0.15) is 168 Å². The van der Waals surface area contributed by atoms with E-state index in [-0.39, 0.29) is 19.6 Å². The topological polar surface area (TPSA) is 151 Å². The minimum absolute atomic E-state index is 0.0431. The summed E-state index contributed by atoms with van der Waals surface area (Å²) in [5, 5.41) is 23.9. The van der Waals surface area contributed by atoms with Crippen LogP contribution in [0.25, 0.3) is 0 Å². The third-order valence-electron chi connectivity index (χ3n) is 8.69. The number of rotatable bonds is 37. The summed E-state index contributed by atoms with van der Waals surface area (Å²) < 4.78 is 22.0. The summed E-state index contributed by atoms with van der Waals surface area (Å²) in [6.45, 7) is 3.79. The highest BCUT2D eigenvalue weighted by Crippen LogP contribution is 2.43. The van der Waals surface area contributed by atoms with Gasteiger partial charge in [0.15, 0.2) is 0 Å². The number of aliphatic hydroxyl groups excluding tert-OH is 2. The van der Waals surface area contributed by atoms with Gasteiger partial charge in [0.05, 0.1) is 37.9 Å². The number of phosphoric acid groups is 1. The summed E-state index contributed by atoms with van der Waals surface area (Å²) in [5.41, 5.74) is 5.34. The largest absolute Gasteiger partial charge is 0.472 e. The van der Waals surface area contributed by atoms with Crippen LogP contribution in [0, 0.1) is 0 Å². The van der Waals surface area contributed by atoms with Gasteiger partial charge in [-0.2, -0.15) is 0 Å². The maximum absolute atomic E-state index is 12.8. The lowest BCUT2D eigenvalue weighted by Gasteiger charge is -2.24. The van der Waals surface area contributed by atoms with Crippen LogP contribution in [0.3, 0.4) is 0 Å². The number of hydrogen-bond acceptors (Lipinski definition) is 7. The molecule has 9 nitrogen and oxygen atoms in total. The zero-order valence-electron chi connectivity index (χ0n) is 32.4. The molecule has 0 saturated carbocycles. The van der Waals surface area contributed by atoms with E-state index in [1.165, 1.54) is 89.9 Å². The first-order valence-corrected chi connectivity index (χ1v) is 21.8. The summed E-state index contributed by atoms with van der Waals surface area (Å²) in [5.74, 6) is -0.461. The van der Waals surface area contributed by atoms with Crippen molar-refractivity contribution in [2.75, 3.05) is 19.8 Å². The van der Waals surface area contributed by atoms with Crippen LogP contribution < -0.4 is 11.1 Å². The molecule has 0 radical (unpaired) electrons. The molecule has 0 saturated heterocycles. The Morgan fingerprint density at radius 3 is 1.84 bits per heavy atom. The molecule has 4 unspecified atom stereocenters. The van der Waals surface area contributed by atoms with Crippen LogP contribution in [0.15, 0.2) is 48.6 Å². The summed E-state index contributed by atoms with van der Waals surface area (Å²) in [6, 6.07) is -0.998. The number of carbonyl (C=O) groups excluding carboxylic acids is 1. The Hall–Kier alpha value is -1.58. The third-order valence-corrected chi connectivity index (χ3v) is 9.68. The Labute approximate surface area is 312 Å². The van der Waals surface area contributed by atoms with Crippen molar-refractivity contribution < 1.29 is 33.5 Å². The SMILES string of the molecule is CC/C=C\C/C=C\CCCCCCCCCCCCCCC(O)CC(=O)NC(COP(=O)(O)OCCN)C(O)/C=C/CC/C=C/CCCCCC. The molecule has 0 heterocycles. The number of carbonyl (C=O) groups is 1. The number of nitrogens with two attached hydrogens (primary N) is 1. The highest BCUT2D eigenvalue weighted by molar-refractivity contribution is 7.47. The molecule has 0 aliphatic rings. The number of hydrogen-bond donors (Lipinski definition) is 5. The van der Waals surface area contributed by atoms with Crippen LogP contribution in [-0.4, -0.2) is 59.0 Å². The molecule has 0 fully saturated rings. The lowest BCUT2D eigenvalue weighted by atomic mass is 10.0. The summed E-state index contributed by atoms with van der Waals surface area (Å²) in [6.07, 6.45) is 40.7. The molecule has 0 bridgehead atoms. The van der Waals surface area contributed by atoms with E-state index in [0.29, 0.717) is 12.8 Å². The van der Waals surface area contributed by atoms with E-state index < -0.39 is 38.6 Å². The van der Waals surface area contributed by atoms with Gasteiger partial charge < -0.3 is 26.2 Å². The van der Waals surface area contributed by atoms with Crippen molar-refractivity contribution in [3.8, 4) is 0 Å². The molecule has 10 heteroatoms. The van der Waals surface area contributed by atoms with Gasteiger partial charge in [-0.15, -0.1) is 0 Å². The van der Waals surface area contributed by atoms with Crippen LogP contribution in [0.2, 0.25) is 0 Å². The number of unbranched alkanes of at least 4 members (excludes halogenated alkanes) is 17. The van der Waals surface area contributed by atoms with Crippen molar-refractivity contribution >= 4 is 13.7 Å². The zero-order valence-corrected chi connectivity index (χ0v) is 33.3. The van der Waals surface area contributed by atoms with Crippen molar-refractivity contribution in [3.05, 3.63) is 48.6 Å². The Morgan fingerprint density at radius 1 is 0.706 bits per heavy atom. The number of amides is 1. The van der Waals surface area contributed by atoms with Crippen LogP contribution in [0.4, 0.5) is 0 Å². The van der Waals surface area contributed by atoms with E-state index in [9.17, 15) is 24.5 Å². The fourth-order valence-electron chi connectivity index (χ4n) is 5.64. The molecule has 0 aliphatic heterocycles. The fraction of sp³-hybridized carbons (Fsp3) is 0.780. The summed E-state index contributed by atoms with van der Waals surface area (Å²) in [7, 11) is -4.40. The Morgan fingerprint density at radius 2 is 1.24 bits per heavy atom. The van der Waals surface area contributed by atoms with Gasteiger partial charge in [0.25, 0.3) is 0 Å². The van der Waals surface area contributed by atoms with Crippen molar-refractivity contribution in [1.29, 1.82) is 0 Å². The first kappa shape index (κ1) is 49.4. The lowest BCUT2D eigenvalue weighted by Crippen LogP contribution is -2.46. The number of allylic oxidation sites excluding steroid dienone is 7.